The van der Waals surface area contributed by atoms with Crippen LogP contribution in [0.2, 0.25) is 0 Å². The molecule has 1 aromatic carbocycles. The Kier molecular flexibility index (Phi) is 6.21. The van der Waals surface area contributed by atoms with Crippen molar-refractivity contribution in [2.45, 2.75) is 50.3 Å². The van der Waals surface area contributed by atoms with E-state index in [2.05, 4.69) is 58.1 Å². The zero-order chi connectivity index (χ0) is 14.5. The molecule has 0 aliphatic heterocycles. The Hall–Kier alpha value is -0.670. The first-order valence-corrected chi connectivity index (χ1v) is 7.75. The highest BCUT2D eigenvalue weighted by Crippen LogP contribution is 2.30. The molecule has 19 heavy (non-hydrogen) atoms. The predicted molar refractivity (Wildman–Crippen MR) is 85.2 cm³/mol. The quantitative estimate of drug-likeness (QED) is 0.790. The Morgan fingerprint density at radius 2 is 1.95 bits per heavy atom. The van der Waals surface area contributed by atoms with Crippen LogP contribution in [-0.4, -0.2) is 24.4 Å². The number of hydrogen-bond donors (Lipinski definition) is 1. The minimum Gasteiger partial charge on any atom is -0.497 e. The number of thioether (sulfide) groups is 1. The molecule has 0 aliphatic rings. The Morgan fingerprint density at radius 3 is 2.47 bits per heavy atom. The van der Waals surface area contributed by atoms with Crippen LogP contribution in [0.15, 0.2) is 29.2 Å². The average molecular weight is 281 g/mol. The predicted octanol–water partition coefficient (Wildman–Crippen LogP) is 4.20. The topological polar surface area (TPSA) is 21.3 Å². The normalized spacial score (nSPS) is 13.6. The number of methoxy groups -OCH3 is 1. The second-order valence-corrected chi connectivity index (χ2v) is 7.52. The standard InChI is InChI=1S/C16H27NOS/c1-12(2)15(11-17-16(3,4)5)19-14-9-7-8-13(10-14)18-6/h7-10,12,15,17H,11H2,1-6H3. The number of rotatable bonds is 6. The van der Waals surface area contributed by atoms with E-state index in [0.29, 0.717) is 11.2 Å². The van der Waals surface area contributed by atoms with Gasteiger partial charge in [0.25, 0.3) is 0 Å². The molecule has 0 bridgehead atoms. The molecule has 1 unspecified atom stereocenters. The fraction of sp³-hybridized carbons (Fsp3) is 0.625. The lowest BCUT2D eigenvalue weighted by Gasteiger charge is -2.27. The molecule has 1 aromatic rings. The van der Waals surface area contributed by atoms with Crippen molar-refractivity contribution in [2.75, 3.05) is 13.7 Å². The van der Waals surface area contributed by atoms with E-state index in [-0.39, 0.29) is 5.54 Å². The van der Waals surface area contributed by atoms with Crippen molar-refractivity contribution in [3.05, 3.63) is 24.3 Å². The highest BCUT2D eigenvalue weighted by atomic mass is 32.2. The van der Waals surface area contributed by atoms with Crippen molar-refractivity contribution in [3.8, 4) is 5.75 Å². The smallest absolute Gasteiger partial charge is 0.119 e. The summed E-state index contributed by atoms with van der Waals surface area (Å²) in [6.45, 7) is 12.2. The van der Waals surface area contributed by atoms with Crippen LogP contribution in [-0.2, 0) is 0 Å². The van der Waals surface area contributed by atoms with Crippen LogP contribution in [0, 0.1) is 5.92 Å². The average Bonchev–Trinajstić information content (AvgIpc) is 2.33. The van der Waals surface area contributed by atoms with Crippen LogP contribution in [0.3, 0.4) is 0 Å². The SMILES string of the molecule is COc1cccc(SC(CNC(C)(C)C)C(C)C)c1. The molecule has 3 heteroatoms. The van der Waals surface area contributed by atoms with E-state index in [1.807, 2.05) is 17.8 Å². The zero-order valence-electron chi connectivity index (χ0n) is 13.0. The zero-order valence-corrected chi connectivity index (χ0v) is 13.8. The van der Waals surface area contributed by atoms with Gasteiger partial charge in [0.1, 0.15) is 5.75 Å². The third-order valence-corrected chi connectivity index (χ3v) is 4.45. The van der Waals surface area contributed by atoms with Crippen molar-refractivity contribution in [3.63, 3.8) is 0 Å². The molecular formula is C16H27NOS. The summed E-state index contributed by atoms with van der Waals surface area (Å²) in [7, 11) is 1.71. The van der Waals surface area contributed by atoms with E-state index in [0.717, 1.165) is 12.3 Å². The maximum Gasteiger partial charge on any atom is 0.119 e. The van der Waals surface area contributed by atoms with Crippen molar-refractivity contribution < 1.29 is 4.74 Å². The lowest BCUT2D eigenvalue weighted by molar-refractivity contribution is 0.407. The van der Waals surface area contributed by atoms with Gasteiger partial charge in [0.2, 0.25) is 0 Å². The summed E-state index contributed by atoms with van der Waals surface area (Å²) >= 11 is 1.92. The van der Waals surface area contributed by atoms with Gasteiger partial charge < -0.3 is 10.1 Å². The van der Waals surface area contributed by atoms with Gasteiger partial charge in [-0.1, -0.05) is 19.9 Å². The molecule has 1 rings (SSSR count). The summed E-state index contributed by atoms with van der Waals surface area (Å²) in [6, 6.07) is 8.30. The lowest BCUT2D eigenvalue weighted by Crippen LogP contribution is -2.41. The largest absolute Gasteiger partial charge is 0.497 e. The van der Waals surface area contributed by atoms with Gasteiger partial charge in [-0.3, -0.25) is 0 Å². The molecule has 1 atom stereocenters. The Bertz CT molecular complexity index is 385. The fourth-order valence-corrected chi connectivity index (χ4v) is 2.80. The first-order chi connectivity index (χ1) is 8.81. The molecule has 1 N–H and O–H groups in total. The van der Waals surface area contributed by atoms with Crippen LogP contribution in [0.4, 0.5) is 0 Å². The third kappa shape index (κ3) is 6.35. The Labute approximate surface area is 122 Å². The number of ether oxygens (including phenoxy) is 1. The second-order valence-electron chi connectivity index (χ2n) is 6.21. The van der Waals surface area contributed by atoms with Crippen LogP contribution < -0.4 is 10.1 Å². The molecule has 2 nitrogen and oxygen atoms in total. The Balaban J connectivity index is 2.67. The molecule has 0 spiro atoms. The molecule has 0 fully saturated rings. The summed E-state index contributed by atoms with van der Waals surface area (Å²) < 4.78 is 5.28. The van der Waals surface area contributed by atoms with Crippen LogP contribution in [0.25, 0.3) is 0 Å². The summed E-state index contributed by atoms with van der Waals surface area (Å²) in [4.78, 5) is 1.27. The molecule has 0 heterocycles. The maximum absolute atomic E-state index is 5.28. The van der Waals surface area contributed by atoms with Gasteiger partial charge in [-0.2, -0.15) is 0 Å². The first kappa shape index (κ1) is 16.4. The van der Waals surface area contributed by atoms with Crippen LogP contribution >= 0.6 is 11.8 Å². The van der Waals surface area contributed by atoms with Gasteiger partial charge in [-0.05, 0) is 44.9 Å². The minimum absolute atomic E-state index is 0.169. The van der Waals surface area contributed by atoms with Gasteiger partial charge in [0, 0.05) is 22.2 Å². The highest BCUT2D eigenvalue weighted by molar-refractivity contribution is 8.00. The van der Waals surface area contributed by atoms with Gasteiger partial charge in [-0.15, -0.1) is 11.8 Å². The van der Waals surface area contributed by atoms with Crippen LogP contribution in [0.5, 0.6) is 5.75 Å². The van der Waals surface area contributed by atoms with E-state index in [9.17, 15) is 0 Å². The van der Waals surface area contributed by atoms with E-state index < -0.39 is 0 Å². The molecule has 0 saturated carbocycles. The first-order valence-electron chi connectivity index (χ1n) is 6.87. The van der Waals surface area contributed by atoms with Crippen molar-refractivity contribution >= 4 is 11.8 Å². The molecule has 0 amide bonds. The maximum atomic E-state index is 5.28. The lowest BCUT2D eigenvalue weighted by atomic mass is 10.1. The fourth-order valence-electron chi connectivity index (χ4n) is 1.67. The summed E-state index contributed by atoms with van der Waals surface area (Å²) in [5, 5.41) is 4.16. The summed E-state index contributed by atoms with van der Waals surface area (Å²) in [6.07, 6.45) is 0. The van der Waals surface area contributed by atoms with Gasteiger partial charge >= 0.3 is 0 Å². The van der Waals surface area contributed by atoms with Crippen molar-refractivity contribution in [1.82, 2.24) is 5.32 Å². The summed E-state index contributed by atoms with van der Waals surface area (Å²) in [5.41, 5.74) is 0.169. The van der Waals surface area contributed by atoms with Crippen molar-refractivity contribution in [1.29, 1.82) is 0 Å². The second kappa shape index (κ2) is 7.20. The molecule has 0 saturated heterocycles. The summed E-state index contributed by atoms with van der Waals surface area (Å²) in [5.74, 6) is 1.56. The molecular weight excluding hydrogens is 254 g/mol. The van der Waals surface area contributed by atoms with Crippen molar-refractivity contribution in [2.24, 2.45) is 5.92 Å². The van der Waals surface area contributed by atoms with E-state index in [4.69, 9.17) is 4.74 Å². The van der Waals surface area contributed by atoms with Gasteiger partial charge in [0.05, 0.1) is 7.11 Å². The molecule has 0 radical (unpaired) electrons. The number of benzene rings is 1. The van der Waals surface area contributed by atoms with Crippen LogP contribution in [0.1, 0.15) is 34.6 Å². The van der Waals surface area contributed by atoms with E-state index >= 15 is 0 Å². The van der Waals surface area contributed by atoms with E-state index in [1.54, 1.807) is 7.11 Å². The third-order valence-electron chi connectivity index (χ3n) is 2.91. The molecule has 0 aliphatic carbocycles. The minimum atomic E-state index is 0.169. The molecule has 108 valence electrons. The van der Waals surface area contributed by atoms with E-state index in [1.165, 1.54) is 4.90 Å². The number of nitrogens with one attached hydrogen (secondary N) is 1. The van der Waals surface area contributed by atoms with Gasteiger partial charge in [0.15, 0.2) is 0 Å². The molecule has 0 aromatic heterocycles. The van der Waals surface area contributed by atoms with Gasteiger partial charge in [-0.25, -0.2) is 0 Å². The monoisotopic (exact) mass is 281 g/mol. The Morgan fingerprint density at radius 1 is 1.26 bits per heavy atom. The number of hydrogen-bond acceptors (Lipinski definition) is 3. The highest BCUT2D eigenvalue weighted by Gasteiger charge is 2.18.